The van der Waals surface area contributed by atoms with Gasteiger partial charge in [-0.05, 0) is 24.6 Å². The van der Waals surface area contributed by atoms with Crippen molar-refractivity contribution in [2.45, 2.75) is 25.8 Å². The zero-order valence-electron chi connectivity index (χ0n) is 11.2. The van der Waals surface area contributed by atoms with E-state index >= 15 is 0 Å². The lowest BCUT2D eigenvalue weighted by Gasteiger charge is -2.19. The van der Waals surface area contributed by atoms with Crippen LogP contribution in [0.5, 0.6) is 0 Å². The van der Waals surface area contributed by atoms with E-state index in [0.717, 1.165) is 34.2 Å². The van der Waals surface area contributed by atoms with E-state index in [1.165, 1.54) is 0 Å². The first-order chi connectivity index (χ1) is 9.21. The molecule has 1 heterocycles. The van der Waals surface area contributed by atoms with Gasteiger partial charge in [0.15, 0.2) is 0 Å². The summed E-state index contributed by atoms with van der Waals surface area (Å²) in [6.07, 6.45) is 1.78. The van der Waals surface area contributed by atoms with Gasteiger partial charge in [-0.3, -0.25) is 0 Å². The van der Waals surface area contributed by atoms with Crippen LogP contribution in [0.3, 0.4) is 0 Å². The van der Waals surface area contributed by atoms with Crippen molar-refractivity contribution < 1.29 is 4.74 Å². The molecule has 2 aromatic rings. The number of aryl methyl sites for hydroxylation is 1. The normalized spacial score (nSPS) is 13.1. The van der Waals surface area contributed by atoms with Crippen LogP contribution < -0.4 is 0 Å². The Bertz CT molecular complexity index is 556. The van der Waals surface area contributed by atoms with Crippen molar-refractivity contribution in [3.05, 3.63) is 28.5 Å². The molecule has 5 heteroatoms. The van der Waals surface area contributed by atoms with Crippen LogP contribution in [0.15, 0.2) is 22.7 Å². The molecule has 0 saturated heterocycles. The summed E-state index contributed by atoms with van der Waals surface area (Å²) < 4.78 is 8.65. The topological polar surface area (TPSA) is 27.1 Å². The third-order valence-electron chi connectivity index (χ3n) is 3.24. The van der Waals surface area contributed by atoms with Crippen LogP contribution in [0.25, 0.3) is 11.0 Å². The summed E-state index contributed by atoms with van der Waals surface area (Å²) in [6.45, 7) is 2.85. The molecular formula is C14H18BrClN2O. The largest absolute Gasteiger partial charge is 0.383 e. The van der Waals surface area contributed by atoms with Gasteiger partial charge in [0.2, 0.25) is 0 Å². The van der Waals surface area contributed by atoms with Crippen molar-refractivity contribution >= 4 is 38.6 Å². The van der Waals surface area contributed by atoms with Crippen molar-refractivity contribution in [3.8, 4) is 0 Å². The smallest absolute Gasteiger partial charge is 0.111 e. The van der Waals surface area contributed by atoms with E-state index in [0.29, 0.717) is 18.5 Å². The number of hydrogen-bond acceptors (Lipinski definition) is 2. The summed E-state index contributed by atoms with van der Waals surface area (Å²) in [5.74, 6) is 1.61. The molecule has 0 N–H and O–H groups in total. The molecule has 1 aromatic heterocycles. The van der Waals surface area contributed by atoms with Crippen molar-refractivity contribution in [1.29, 1.82) is 0 Å². The quantitative estimate of drug-likeness (QED) is 0.734. The summed E-state index contributed by atoms with van der Waals surface area (Å²) in [5, 5.41) is 0. The molecule has 3 nitrogen and oxygen atoms in total. The van der Waals surface area contributed by atoms with Crippen molar-refractivity contribution in [3.63, 3.8) is 0 Å². The van der Waals surface area contributed by atoms with Crippen LogP contribution in [-0.4, -0.2) is 29.1 Å². The third-order valence-corrected chi connectivity index (χ3v) is 3.92. The maximum atomic E-state index is 5.90. The van der Waals surface area contributed by atoms with Gasteiger partial charge in [0.05, 0.1) is 23.7 Å². The van der Waals surface area contributed by atoms with Gasteiger partial charge in [-0.2, -0.15) is 0 Å². The average molecular weight is 346 g/mol. The number of imidazole rings is 1. The van der Waals surface area contributed by atoms with Gasteiger partial charge in [0.1, 0.15) is 5.82 Å². The highest BCUT2D eigenvalue weighted by Crippen LogP contribution is 2.26. The molecule has 1 aromatic carbocycles. The average Bonchev–Trinajstić information content (AvgIpc) is 2.73. The number of rotatable bonds is 6. The fourth-order valence-electron chi connectivity index (χ4n) is 2.36. The minimum Gasteiger partial charge on any atom is -0.383 e. The number of fused-ring (bicyclic) bond motifs is 1. The lowest BCUT2D eigenvalue weighted by molar-refractivity contribution is 0.153. The standard InChI is InChI=1S/C14H18BrClN2O/c1-3-11(9-19-2)18-13-5-4-10(15)8-12(13)17-14(18)6-7-16/h4-5,8,11H,3,6-7,9H2,1-2H3. The van der Waals surface area contributed by atoms with E-state index < -0.39 is 0 Å². The first-order valence-electron chi connectivity index (χ1n) is 6.42. The minimum atomic E-state index is 0.300. The first-order valence-corrected chi connectivity index (χ1v) is 7.75. The van der Waals surface area contributed by atoms with E-state index in [1.807, 2.05) is 12.1 Å². The van der Waals surface area contributed by atoms with E-state index in [9.17, 15) is 0 Å². The van der Waals surface area contributed by atoms with Gasteiger partial charge in [0.25, 0.3) is 0 Å². The second-order valence-corrected chi connectivity index (χ2v) is 5.78. The van der Waals surface area contributed by atoms with Crippen LogP contribution in [0.2, 0.25) is 0 Å². The molecule has 0 amide bonds. The fourth-order valence-corrected chi connectivity index (χ4v) is 2.88. The Morgan fingerprint density at radius 3 is 2.89 bits per heavy atom. The maximum Gasteiger partial charge on any atom is 0.111 e. The second kappa shape index (κ2) is 6.73. The van der Waals surface area contributed by atoms with E-state index in [2.05, 4.69) is 33.5 Å². The molecule has 0 spiro atoms. The zero-order chi connectivity index (χ0) is 13.8. The molecule has 0 bridgehead atoms. The summed E-state index contributed by atoms with van der Waals surface area (Å²) in [6, 6.07) is 6.49. The molecule has 1 atom stereocenters. The van der Waals surface area contributed by atoms with E-state index in [4.69, 9.17) is 21.3 Å². The summed E-state index contributed by atoms with van der Waals surface area (Å²) >= 11 is 9.39. The Hall–Kier alpha value is -0.580. The molecule has 1 unspecified atom stereocenters. The van der Waals surface area contributed by atoms with Crippen molar-refractivity contribution in [1.82, 2.24) is 9.55 Å². The molecule has 0 saturated carbocycles. The summed E-state index contributed by atoms with van der Waals surface area (Å²) in [5.41, 5.74) is 2.15. The molecule has 0 aliphatic carbocycles. The van der Waals surface area contributed by atoms with Crippen LogP contribution in [0.1, 0.15) is 25.2 Å². The highest BCUT2D eigenvalue weighted by molar-refractivity contribution is 9.10. The molecule has 19 heavy (non-hydrogen) atoms. The van der Waals surface area contributed by atoms with E-state index in [-0.39, 0.29) is 0 Å². The first kappa shape index (κ1) is 14.8. The van der Waals surface area contributed by atoms with Crippen LogP contribution in [-0.2, 0) is 11.2 Å². The Kier molecular flexibility index (Phi) is 5.25. The van der Waals surface area contributed by atoms with Crippen LogP contribution >= 0.6 is 27.5 Å². The number of nitrogens with zero attached hydrogens (tertiary/aromatic N) is 2. The van der Waals surface area contributed by atoms with Gasteiger partial charge < -0.3 is 9.30 Å². The molecule has 0 aliphatic heterocycles. The third kappa shape index (κ3) is 3.12. The SMILES string of the molecule is CCC(COC)n1c(CCCl)nc2cc(Br)ccc21. The summed E-state index contributed by atoms with van der Waals surface area (Å²) in [4.78, 5) is 4.71. The number of alkyl halides is 1. The Morgan fingerprint density at radius 1 is 1.47 bits per heavy atom. The van der Waals surface area contributed by atoms with Crippen LogP contribution in [0, 0.1) is 0 Å². The van der Waals surface area contributed by atoms with Gasteiger partial charge in [-0.1, -0.05) is 22.9 Å². The molecule has 2 rings (SSSR count). The highest BCUT2D eigenvalue weighted by Gasteiger charge is 2.17. The molecule has 0 radical (unpaired) electrons. The molecule has 0 aliphatic rings. The number of aromatic nitrogens is 2. The Labute approximate surface area is 127 Å². The number of benzene rings is 1. The summed E-state index contributed by atoms with van der Waals surface area (Å²) in [7, 11) is 1.74. The lowest BCUT2D eigenvalue weighted by Crippen LogP contribution is -2.16. The minimum absolute atomic E-state index is 0.300. The van der Waals surface area contributed by atoms with Crippen LogP contribution in [0.4, 0.5) is 0 Å². The zero-order valence-corrected chi connectivity index (χ0v) is 13.5. The molecular weight excluding hydrogens is 328 g/mol. The van der Waals surface area contributed by atoms with Gasteiger partial charge >= 0.3 is 0 Å². The van der Waals surface area contributed by atoms with Gasteiger partial charge in [0, 0.05) is 23.9 Å². The molecule has 104 valence electrons. The lowest BCUT2D eigenvalue weighted by atomic mass is 10.2. The number of halogens is 2. The predicted molar refractivity (Wildman–Crippen MR) is 83.1 cm³/mol. The molecule has 0 fully saturated rings. The van der Waals surface area contributed by atoms with Crippen molar-refractivity contribution in [2.75, 3.05) is 19.6 Å². The number of methoxy groups -OCH3 is 1. The Balaban J connectivity index is 2.56. The monoisotopic (exact) mass is 344 g/mol. The Morgan fingerprint density at radius 2 is 2.26 bits per heavy atom. The van der Waals surface area contributed by atoms with Crippen molar-refractivity contribution in [2.24, 2.45) is 0 Å². The number of ether oxygens (including phenoxy) is 1. The van der Waals surface area contributed by atoms with E-state index in [1.54, 1.807) is 7.11 Å². The second-order valence-electron chi connectivity index (χ2n) is 4.49. The fraction of sp³-hybridized carbons (Fsp3) is 0.500. The number of hydrogen-bond donors (Lipinski definition) is 0. The maximum absolute atomic E-state index is 5.90. The predicted octanol–water partition coefficient (Wildman–Crippen LogP) is 4.18. The highest BCUT2D eigenvalue weighted by atomic mass is 79.9. The van der Waals surface area contributed by atoms with Gasteiger partial charge in [-0.15, -0.1) is 11.6 Å². The van der Waals surface area contributed by atoms with Gasteiger partial charge in [-0.25, -0.2) is 4.98 Å².